The number of hydrogen-bond acceptors (Lipinski definition) is 1. The lowest BCUT2D eigenvalue weighted by atomic mass is 9.79. The van der Waals surface area contributed by atoms with Gasteiger partial charge in [0.15, 0.2) is 0 Å². The number of benzene rings is 1. The topological polar surface area (TPSA) is 26.0 Å². The highest BCUT2D eigenvalue weighted by molar-refractivity contribution is 5.58. The molecule has 0 heterocycles. The second kappa shape index (κ2) is 3.80. The second-order valence-electron chi connectivity index (χ2n) is 6.75. The molecular weight excluding hydrogens is 194 g/mol. The highest BCUT2D eigenvalue weighted by Crippen LogP contribution is 2.34. The Morgan fingerprint density at radius 2 is 1.38 bits per heavy atom. The van der Waals surface area contributed by atoms with Crippen molar-refractivity contribution in [2.45, 2.75) is 59.3 Å². The molecule has 0 bridgehead atoms. The molecule has 1 nitrogen and oxygen atoms in total. The van der Waals surface area contributed by atoms with E-state index in [1.54, 1.807) is 0 Å². The summed E-state index contributed by atoms with van der Waals surface area (Å²) in [6.07, 6.45) is 0. The number of nitrogen functional groups attached to an aromatic ring is 1. The maximum Gasteiger partial charge on any atom is 0.0381 e. The first-order valence-electron chi connectivity index (χ1n) is 5.94. The molecule has 0 aliphatic rings. The Morgan fingerprint density at radius 3 is 1.75 bits per heavy atom. The Labute approximate surface area is 100 Å². The molecule has 1 heteroatoms. The van der Waals surface area contributed by atoms with Crippen LogP contribution in [0.25, 0.3) is 0 Å². The smallest absolute Gasteiger partial charge is 0.0381 e. The lowest BCUT2D eigenvalue weighted by Crippen LogP contribution is -2.19. The summed E-state index contributed by atoms with van der Waals surface area (Å²) >= 11 is 0. The lowest BCUT2D eigenvalue weighted by molar-refractivity contribution is 0.569. The fourth-order valence-corrected chi connectivity index (χ4v) is 1.85. The summed E-state index contributed by atoms with van der Waals surface area (Å²) in [5, 5.41) is 0. The van der Waals surface area contributed by atoms with E-state index in [9.17, 15) is 0 Å². The van der Waals surface area contributed by atoms with Crippen molar-refractivity contribution in [3.63, 3.8) is 0 Å². The third-order valence-electron chi connectivity index (χ3n) is 3.06. The molecule has 90 valence electrons. The van der Waals surface area contributed by atoms with Crippen molar-refractivity contribution >= 4 is 5.69 Å². The van der Waals surface area contributed by atoms with Crippen LogP contribution in [0, 0.1) is 6.92 Å². The summed E-state index contributed by atoms with van der Waals surface area (Å²) < 4.78 is 0. The Morgan fingerprint density at radius 1 is 0.875 bits per heavy atom. The van der Waals surface area contributed by atoms with Crippen LogP contribution in [0.2, 0.25) is 0 Å². The van der Waals surface area contributed by atoms with Crippen molar-refractivity contribution in [3.8, 4) is 0 Å². The molecule has 0 unspecified atom stereocenters. The quantitative estimate of drug-likeness (QED) is 0.651. The molecule has 0 fully saturated rings. The highest BCUT2D eigenvalue weighted by atomic mass is 14.6. The summed E-state index contributed by atoms with van der Waals surface area (Å²) in [6.45, 7) is 15.5. The number of anilines is 1. The van der Waals surface area contributed by atoms with E-state index in [1.165, 1.54) is 16.7 Å². The summed E-state index contributed by atoms with van der Waals surface area (Å²) in [7, 11) is 0. The van der Waals surface area contributed by atoms with Gasteiger partial charge in [-0.3, -0.25) is 0 Å². The van der Waals surface area contributed by atoms with E-state index >= 15 is 0 Å². The van der Waals surface area contributed by atoms with Gasteiger partial charge in [-0.25, -0.2) is 0 Å². The minimum atomic E-state index is 0.107. The number of nitrogens with two attached hydrogens (primary N) is 1. The van der Waals surface area contributed by atoms with Crippen LogP contribution in [-0.4, -0.2) is 0 Å². The van der Waals surface area contributed by atoms with Gasteiger partial charge in [0.25, 0.3) is 0 Å². The number of rotatable bonds is 0. The van der Waals surface area contributed by atoms with E-state index in [0.717, 1.165) is 5.69 Å². The first-order valence-corrected chi connectivity index (χ1v) is 5.94. The lowest BCUT2D eigenvalue weighted by Gasteiger charge is -2.27. The van der Waals surface area contributed by atoms with Crippen molar-refractivity contribution in [2.75, 3.05) is 5.73 Å². The van der Waals surface area contributed by atoms with Gasteiger partial charge in [-0.1, -0.05) is 53.7 Å². The molecule has 1 aromatic rings. The summed E-state index contributed by atoms with van der Waals surface area (Å²) in [4.78, 5) is 0. The van der Waals surface area contributed by atoms with Crippen molar-refractivity contribution in [2.24, 2.45) is 0 Å². The third-order valence-corrected chi connectivity index (χ3v) is 3.06. The molecule has 0 aliphatic heterocycles. The molecule has 0 amide bonds. The fraction of sp³-hybridized carbons (Fsp3) is 0.600. The molecule has 0 radical (unpaired) electrons. The standard InChI is InChI=1S/C15H25N/c1-10-8-11(14(2,3)4)9-12(13(10)16)15(5,6)7/h8-9H,16H2,1-7H3. The van der Waals surface area contributed by atoms with Crippen LogP contribution in [0.5, 0.6) is 0 Å². The van der Waals surface area contributed by atoms with Crippen molar-refractivity contribution in [1.82, 2.24) is 0 Å². The minimum Gasteiger partial charge on any atom is -0.398 e. The van der Waals surface area contributed by atoms with Crippen LogP contribution in [-0.2, 0) is 10.8 Å². The zero-order valence-corrected chi connectivity index (χ0v) is 11.7. The van der Waals surface area contributed by atoms with Crippen molar-refractivity contribution in [3.05, 3.63) is 28.8 Å². The average Bonchev–Trinajstić information content (AvgIpc) is 2.05. The van der Waals surface area contributed by atoms with E-state index in [-0.39, 0.29) is 10.8 Å². The molecule has 0 spiro atoms. The van der Waals surface area contributed by atoms with E-state index in [2.05, 4.69) is 60.6 Å². The van der Waals surface area contributed by atoms with E-state index in [0.29, 0.717) is 0 Å². The average molecular weight is 219 g/mol. The second-order valence-corrected chi connectivity index (χ2v) is 6.75. The predicted octanol–water partition coefficient (Wildman–Crippen LogP) is 4.17. The summed E-state index contributed by atoms with van der Waals surface area (Å²) in [6, 6.07) is 4.48. The van der Waals surface area contributed by atoms with E-state index < -0.39 is 0 Å². The molecule has 1 aromatic carbocycles. The predicted molar refractivity (Wildman–Crippen MR) is 73.0 cm³/mol. The Balaban J connectivity index is 3.46. The zero-order chi connectivity index (χ0) is 12.7. The van der Waals surface area contributed by atoms with Gasteiger partial charge in [0.2, 0.25) is 0 Å². The van der Waals surface area contributed by atoms with Gasteiger partial charge in [-0.05, 0) is 34.4 Å². The zero-order valence-electron chi connectivity index (χ0n) is 11.7. The molecule has 16 heavy (non-hydrogen) atoms. The number of hydrogen-bond donors (Lipinski definition) is 1. The fourth-order valence-electron chi connectivity index (χ4n) is 1.85. The molecule has 2 N–H and O–H groups in total. The molecular formula is C15H25N. The van der Waals surface area contributed by atoms with Gasteiger partial charge in [-0.2, -0.15) is 0 Å². The number of aryl methyl sites for hydroxylation is 1. The van der Waals surface area contributed by atoms with Crippen LogP contribution in [0.4, 0.5) is 5.69 Å². The largest absolute Gasteiger partial charge is 0.398 e. The van der Waals surface area contributed by atoms with Crippen LogP contribution in [0.15, 0.2) is 12.1 Å². The first kappa shape index (κ1) is 13.1. The van der Waals surface area contributed by atoms with Gasteiger partial charge in [0, 0.05) is 5.69 Å². The van der Waals surface area contributed by atoms with Crippen molar-refractivity contribution in [1.29, 1.82) is 0 Å². The van der Waals surface area contributed by atoms with E-state index in [1.807, 2.05) is 0 Å². The monoisotopic (exact) mass is 219 g/mol. The molecule has 0 saturated heterocycles. The Kier molecular flexibility index (Phi) is 3.11. The third kappa shape index (κ3) is 2.58. The SMILES string of the molecule is Cc1cc(C(C)(C)C)cc(C(C)(C)C)c1N. The maximum absolute atomic E-state index is 6.18. The molecule has 0 atom stereocenters. The van der Waals surface area contributed by atoms with Crippen LogP contribution in [0.1, 0.15) is 58.2 Å². The Hall–Kier alpha value is -0.980. The molecule has 0 saturated carbocycles. The van der Waals surface area contributed by atoms with Crippen molar-refractivity contribution < 1.29 is 0 Å². The normalized spacial score (nSPS) is 12.9. The van der Waals surface area contributed by atoms with Crippen LogP contribution < -0.4 is 5.73 Å². The van der Waals surface area contributed by atoms with Gasteiger partial charge in [0.1, 0.15) is 0 Å². The molecule has 0 aromatic heterocycles. The summed E-state index contributed by atoms with van der Waals surface area (Å²) in [5.74, 6) is 0. The molecule has 0 aliphatic carbocycles. The van der Waals surface area contributed by atoms with Gasteiger partial charge < -0.3 is 5.73 Å². The van der Waals surface area contributed by atoms with Crippen LogP contribution >= 0.6 is 0 Å². The van der Waals surface area contributed by atoms with Gasteiger partial charge in [0.05, 0.1) is 0 Å². The molecule has 1 rings (SSSR count). The first-order chi connectivity index (χ1) is 7.03. The van der Waals surface area contributed by atoms with Gasteiger partial charge in [-0.15, -0.1) is 0 Å². The minimum absolute atomic E-state index is 0.107. The highest BCUT2D eigenvalue weighted by Gasteiger charge is 2.22. The van der Waals surface area contributed by atoms with Crippen LogP contribution in [0.3, 0.4) is 0 Å². The maximum atomic E-state index is 6.18. The van der Waals surface area contributed by atoms with Gasteiger partial charge >= 0.3 is 0 Å². The Bertz CT molecular complexity index is 389. The van der Waals surface area contributed by atoms with E-state index in [4.69, 9.17) is 5.73 Å². The summed E-state index contributed by atoms with van der Waals surface area (Å²) in [5.41, 5.74) is 11.2.